The minimum Gasteiger partial charge on any atom is -0.390 e. The highest BCUT2D eigenvalue weighted by molar-refractivity contribution is 7.99. The van der Waals surface area contributed by atoms with Gasteiger partial charge in [-0.25, -0.2) is 8.42 Å². The van der Waals surface area contributed by atoms with E-state index in [1.165, 1.54) is 16.4 Å². The molecule has 268 valence electrons. The van der Waals surface area contributed by atoms with Gasteiger partial charge in [-0.1, -0.05) is 12.1 Å². The van der Waals surface area contributed by atoms with Crippen molar-refractivity contribution in [1.82, 2.24) is 28.9 Å². The van der Waals surface area contributed by atoms with Gasteiger partial charge in [-0.3, -0.25) is 14.6 Å². The molecule has 2 saturated heterocycles. The summed E-state index contributed by atoms with van der Waals surface area (Å²) < 4.78 is 76.1. The summed E-state index contributed by atoms with van der Waals surface area (Å²) in [7, 11) is -3.53. The molecule has 0 spiro atoms. The van der Waals surface area contributed by atoms with Gasteiger partial charge in [0.05, 0.1) is 49.1 Å². The third kappa shape index (κ3) is 8.67. The molecule has 3 aromatic rings. The van der Waals surface area contributed by atoms with Crippen molar-refractivity contribution in [3.05, 3.63) is 65.1 Å². The molecule has 0 saturated carbocycles. The number of fused-ring (bicyclic) bond motifs is 1. The van der Waals surface area contributed by atoms with Crippen LogP contribution in [-0.2, 0) is 46.0 Å². The predicted octanol–water partition coefficient (Wildman–Crippen LogP) is 3.05. The molecule has 49 heavy (non-hydrogen) atoms. The van der Waals surface area contributed by atoms with Crippen molar-refractivity contribution in [3.63, 3.8) is 0 Å². The van der Waals surface area contributed by atoms with E-state index in [2.05, 4.69) is 14.8 Å². The first kappa shape index (κ1) is 36.2. The normalized spacial score (nSPS) is 20.3. The minimum atomic E-state index is -4.57. The summed E-state index contributed by atoms with van der Waals surface area (Å²) in [5.74, 6) is 0.399. The van der Waals surface area contributed by atoms with Gasteiger partial charge in [0.25, 0.3) is 0 Å². The Hall–Kier alpha value is -2.57. The fourth-order valence-corrected chi connectivity index (χ4v) is 8.73. The predicted molar refractivity (Wildman–Crippen MR) is 179 cm³/mol. The highest BCUT2D eigenvalue weighted by atomic mass is 32.2. The van der Waals surface area contributed by atoms with Gasteiger partial charge in [0.1, 0.15) is 5.60 Å². The number of β-amino-alcohol motifs (C(OH)–C–C–N with tert-alkyl or cyclic N) is 1. The van der Waals surface area contributed by atoms with Crippen molar-refractivity contribution < 1.29 is 36.5 Å². The number of piperidine rings is 1. The number of halogens is 3. The number of nitrogens with zero attached hydrogens (tertiary/aromatic N) is 6. The van der Waals surface area contributed by atoms with Gasteiger partial charge in [0, 0.05) is 92.4 Å². The number of aliphatic hydroxyl groups excluding tert-OH is 1. The molecule has 3 aliphatic rings. The molecule has 6 rings (SSSR count). The second-order valence-corrected chi connectivity index (χ2v) is 16.1. The number of pyridine rings is 1. The largest absolute Gasteiger partial charge is 0.417 e. The van der Waals surface area contributed by atoms with E-state index >= 15 is 0 Å². The van der Waals surface area contributed by atoms with Crippen molar-refractivity contribution in [1.29, 1.82) is 0 Å². The average molecular weight is 725 g/mol. The molecule has 0 amide bonds. The molecule has 5 heterocycles. The maximum absolute atomic E-state index is 14.2. The fraction of sp³-hybridized carbons (Fsp3) is 0.576. The van der Waals surface area contributed by atoms with Crippen LogP contribution in [0.25, 0.3) is 11.3 Å². The fourth-order valence-electron chi connectivity index (χ4n) is 6.82. The van der Waals surface area contributed by atoms with Crippen LogP contribution in [0.4, 0.5) is 13.2 Å². The molecule has 2 aromatic heterocycles. The van der Waals surface area contributed by atoms with Crippen molar-refractivity contribution in [2.75, 3.05) is 71.0 Å². The highest BCUT2D eigenvalue weighted by Gasteiger charge is 2.37. The number of rotatable bonds is 11. The molecular weight excluding hydrogens is 682 g/mol. The molecule has 0 radical (unpaired) electrons. The number of aliphatic hydroxyl groups is 2. The molecule has 16 heteroatoms. The molecule has 1 aromatic carbocycles. The Morgan fingerprint density at radius 2 is 1.80 bits per heavy atom. The van der Waals surface area contributed by atoms with Crippen LogP contribution in [0.5, 0.6) is 0 Å². The number of likely N-dealkylation sites (tertiary alicyclic amines) is 1. The van der Waals surface area contributed by atoms with Gasteiger partial charge in [0.2, 0.25) is 10.0 Å². The molecule has 11 nitrogen and oxygen atoms in total. The van der Waals surface area contributed by atoms with Crippen molar-refractivity contribution >= 4 is 21.8 Å². The van der Waals surface area contributed by atoms with Gasteiger partial charge in [0.15, 0.2) is 0 Å². The summed E-state index contributed by atoms with van der Waals surface area (Å²) in [6.45, 7) is 5.23. The summed E-state index contributed by atoms with van der Waals surface area (Å²) in [4.78, 5) is 8.63. The van der Waals surface area contributed by atoms with E-state index in [9.17, 15) is 31.8 Å². The molecule has 2 fully saturated rings. The summed E-state index contributed by atoms with van der Waals surface area (Å²) >= 11 is 1.12. The van der Waals surface area contributed by atoms with Gasteiger partial charge in [-0.15, -0.1) is 11.8 Å². The summed E-state index contributed by atoms with van der Waals surface area (Å²) in [5.41, 5.74) is 1.17. The molecular formula is C33H43F3N6O5S2. The van der Waals surface area contributed by atoms with Crippen LogP contribution >= 0.6 is 11.8 Å². The first-order valence-electron chi connectivity index (χ1n) is 16.5. The first-order valence-corrected chi connectivity index (χ1v) is 19.4. The molecule has 0 bridgehead atoms. The Labute approximate surface area is 289 Å². The highest BCUT2D eigenvalue weighted by Crippen LogP contribution is 2.41. The Morgan fingerprint density at radius 3 is 2.47 bits per heavy atom. The number of hydrogen-bond donors (Lipinski definition) is 2. The second-order valence-electron chi connectivity index (χ2n) is 13.0. The zero-order chi connectivity index (χ0) is 34.8. The van der Waals surface area contributed by atoms with E-state index < -0.39 is 33.5 Å². The summed E-state index contributed by atoms with van der Waals surface area (Å²) in [6.07, 6.45) is -1.19. The van der Waals surface area contributed by atoms with Crippen LogP contribution in [0.1, 0.15) is 35.4 Å². The number of ether oxygens (including phenoxy) is 1. The third-order valence-corrected chi connectivity index (χ3v) is 11.9. The number of thioether (sulfide) groups is 1. The maximum Gasteiger partial charge on any atom is 0.417 e. The first-order chi connectivity index (χ1) is 23.3. The lowest BCUT2D eigenvalue weighted by atomic mass is 9.88. The average Bonchev–Trinajstić information content (AvgIpc) is 3.43. The van der Waals surface area contributed by atoms with Crippen molar-refractivity contribution in [3.8, 4) is 11.3 Å². The van der Waals surface area contributed by atoms with E-state index in [1.54, 1.807) is 16.9 Å². The monoisotopic (exact) mass is 724 g/mol. The smallest absolute Gasteiger partial charge is 0.390 e. The lowest BCUT2D eigenvalue weighted by molar-refractivity contribution is -0.139. The number of hydrogen-bond acceptors (Lipinski definition) is 10. The molecule has 3 aliphatic heterocycles. The van der Waals surface area contributed by atoms with Crippen LogP contribution in [-0.4, -0.2) is 125 Å². The summed E-state index contributed by atoms with van der Waals surface area (Å²) in [6, 6.07) is 9.41. The van der Waals surface area contributed by atoms with E-state index in [0.29, 0.717) is 100 Å². The number of alkyl halides is 3. The van der Waals surface area contributed by atoms with Gasteiger partial charge >= 0.3 is 6.18 Å². The van der Waals surface area contributed by atoms with Crippen LogP contribution in [0.3, 0.4) is 0 Å². The molecule has 2 N–H and O–H groups in total. The Balaban J connectivity index is 1.21. The van der Waals surface area contributed by atoms with E-state index in [1.807, 2.05) is 12.1 Å². The van der Waals surface area contributed by atoms with E-state index in [4.69, 9.17) is 9.84 Å². The number of morpholine rings is 1. The lowest BCUT2D eigenvalue weighted by Gasteiger charge is -2.37. The van der Waals surface area contributed by atoms with Crippen LogP contribution < -0.4 is 0 Å². The lowest BCUT2D eigenvalue weighted by Crippen LogP contribution is -2.43. The molecule has 0 aliphatic carbocycles. The zero-order valence-corrected chi connectivity index (χ0v) is 29.1. The maximum atomic E-state index is 14.2. The van der Waals surface area contributed by atoms with Gasteiger partial charge < -0.3 is 19.8 Å². The van der Waals surface area contributed by atoms with Crippen molar-refractivity contribution in [2.45, 2.75) is 55.1 Å². The molecule has 0 unspecified atom stereocenters. The number of aromatic nitrogens is 3. The van der Waals surface area contributed by atoms with Crippen LogP contribution in [0.2, 0.25) is 0 Å². The summed E-state index contributed by atoms with van der Waals surface area (Å²) in [5, 5.41) is 26.9. The quantitative estimate of drug-likeness (QED) is 0.286. The van der Waals surface area contributed by atoms with Crippen LogP contribution in [0, 0.1) is 0 Å². The van der Waals surface area contributed by atoms with Crippen LogP contribution in [0.15, 0.2) is 47.5 Å². The standard InChI is InChI=1S/C33H43F3N6O5S2/c1-49(45,46)41-11-7-28-26(23-41)31(38-42(28)22-25(43)21-40-14-17-47-18-15-40)24-5-6-27(33(34,35)36)29(20-24)48-19-16-39-12-8-32(44,9-13-39)30-4-2-3-10-37-30/h2-6,10,20,25,43-44H,7-9,11-19,21-23H2,1H3/t25-/m1/s1. The number of sulfonamides is 1. The molecule has 1 atom stereocenters. The SMILES string of the molecule is CS(=O)(=O)N1CCc2c(c(-c3ccc(C(F)(F)F)c(SCCN4CCC(O)(c5ccccn5)CC4)c3)nn2C[C@H](O)CN2CCOCC2)C1. The third-order valence-electron chi connectivity index (χ3n) is 9.57. The zero-order valence-electron chi connectivity index (χ0n) is 27.5. The Bertz CT molecular complexity index is 1690. The Morgan fingerprint density at radius 1 is 1.04 bits per heavy atom. The van der Waals surface area contributed by atoms with E-state index in [0.717, 1.165) is 29.8 Å². The van der Waals surface area contributed by atoms with Gasteiger partial charge in [-0.05, 0) is 37.1 Å². The topological polar surface area (TPSA) is 124 Å². The van der Waals surface area contributed by atoms with Crippen molar-refractivity contribution in [2.24, 2.45) is 0 Å². The minimum absolute atomic E-state index is 0.0480. The van der Waals surface area contributed by atoms with E-state index in [-0.39, 0.29) is 24.5 Å². The Kier molecular flexibility index (Phi) is 11.1. The number of benzene rings is 1. The second kappa shape index (κ2) is 15.0. The van der Waals surface area contributed by atoms with Gasteiger partial charge in [-0.2, -0.15) is 22.6 Å².